The maximum absolute atomic E-state index is 11.7. The van der Waals surface area contributed by atoms with Crippen LogP contribution in [0, 0.1) is 0 Å². The van der Waals surface area contributed by atoms with Gasteiger partial charge in [-0.25, -0.2) is 5.43 Å². The Morgan fingerprint density at radius 1 is 1.00 bits per heavy atom. The van der Waals surface area contributed by atoms with Gasteiger partial charge in [0.15, 0.2) is 0 Å². The Hall–Kier alpha value is -3.55. The first-order valence-corrected chi connectivity index (χ1v) is 6.96. The molecule has 2 rings (SSSR count). The molecular formula is C16H15N5O3. The van der Waals surface area contributed by atoms with E-state index in [0.717, 1.165) is 0 Å². The summed E-state index contributed by atoms with van der Waals surface area (Å²) in [5.74, 6) is -1.95. The fourth-order valence-electron chi connectivity index (χ4n) is 1.70. The van der Waals surface area contributed by atoms with E-state index in [0.29, 0.717) is 16.9 Å². The number of benzene rings is 1. The SMILES string of the molecule is CC(=O)Nc1ccc(NC(=O)C(=O)NN=Cc2cccnc2)cc1. The summed E-state index contributed by atoms with van der Waals surface area (Å²) >= 11 is 0. The van der Waals surface area contributed by atoms with Crippen molar-refractivity contribution in [2.24, 2.45) is 5.10 Å². The van der Waals surface area contributed by atoms with Gasteiger partial charge < -0.3 is 10.6 Å². The highest BCUT2D eigenvalue weighted by atomic mass is 16.2. The Morgan fingerprint density at radius 3 is 2.25 bits per heavy atom. The smallest absolute Gasteiger partial charge is 0.326 e. The molecule has 3 N–H and O–H groups in total. The average Bonchev–Trinajstić information content (AvgIpc) is 2.57. The van der Waals surface area contributed by atoms with Gasteiger partial charge in [0.05, 0.1) is 6.21 Å². The zero-order chi connectivity index (χ0) is 17.4. The Balaban J connectivity index is 1.86. The van der Waals surface area contributed by atoms with Crippen molar-refractivity contribution in [2.45, 2.75) is 6.92 Å². The fourth-order valence-corrected chi connectivity index (χ4v) is 1.70. The molecule has 24 heavy (non-hydrogen) atoms. The van der Waals surface area contributed by atoms with E-state index in [-0.39, 0.29) is 5.91 Å². The van der Waals surface area contributed by atoms with Crippen molar-refractivity contribution in [3.05, 3.63) is 54.4 Å². The van der Waals surface area contributed by atoms with Crippen LogP contribution < -0.4 is 16.1 Å². The van der Waals surface area contributed by atoms with E-state index >= 15 is 0 Å². The van der Waals surface area contributed by atoms with E-state index in [1.54, 1.807) is 48.8 Å². The molecule has 0 radical (unpaired) electrons. The van der Waals surface area contributed by atoms with Crippen LogP contribution in [-0.2, 0) is 14.4 Å². The summed E-state index contributed by atoms with van der Waals surface area (Å²) in [6.07, 6.45) is 4.55. The average molecular weight is 325 g/mol. The van der Waals surface area contributed by atoms with Crippen LogP contribution in [0.3, 0.4) is 0 Å². The number of rotatable bonds is 4. The van der Waals surface area contributed by atoms with Gasteiger partial charge in [-0.15, -0.1) is 0 Å². The van der Waals surface area contributed by atoms with Crippen LogP contribution in [0.15, 0.2) is 53.9 Å². The first-order chi connectivity index (χ1) is 11.5. The van der Waals surface area contributed by atoms with Gasteiger partial charge in [-0.2, -0.15) is 5.10 Å². The van der Waals surface area contributed by atoms with E-state index in [2.05, 4.69) is 26.1 Å². The van der Waals surface area contributed by atoms with Crippen LogP contribution >= 0.6 is 0 Å². The molecule has 122 valence electrons. The molecule has 0 fully saturated rings. The van der Waals surface area contributed by atoms with Crippen LogP contribution in [0.1, 0.15) is 12.5 Å². The number of hydrogen-bond donors (Lipinski definition) is 3. The van der Waals surface area contributed by atoms with Crippen LogP contribution in [0.5, 0.6) is 0 Å². The van der Waals surface area contributed by atoms with Crippen molar-refractivity contribution in [1.29, 1.82) is 0 Å². The quantitative estimate of drug-likeness (QED) is 0.444. The van der Waals surface area contributed by atoms with Crippen molar-refractivity contribution in [1.82, 2.24) is 10.4 Å². The van der Waals surface area contributed by atoms with Gasteiger partial charge in [0, 0.05) is 36.3 Å². The Kier molecular flexibility index (Phi) is 5.73. The lowest BCUT2D eigenvalue weighted by molar-refractivity contribution is -0.136. The molecule has 0 saturated carbocycles. The highest BCUT2D eigenvalue weighted by Gasteiger charge is 2.12. The highest BCUT2D eigenvalue weighted by Crippen LogP contribution is 2.13. The first-order valence-electron chi connectivity index (χ1n) is 6.96. The molecule has 1 heterocycles. The van der Waals surface area contributed by atoms with Gasteiger partial charge >= 0.3 is 11.8 Å². The number of amides is 3. The highest BCUT2D eigenvalue weighted by molar-refractivity contribution is 6.39. The monoisotopic (exact) mass is 325 g/mol. The first kappa shape index (κ1) is 16.8. The molecule has 3 amide bonds. The minimum absolute atomic E-state index is 0.197. The third-order valence-electron chi connectivity index (χ3n) is 2.73. The van der Waals surface area contributed by atoms with Gasteiger partial charge in [0.1, 0.15) is 0 Å². The van der Waals surface area contributed by atoms with Gasteiger partial charge in [0.25, 0.3) is 0 Å². The van der Waals surface area contributed by atoms with Gasteiger partial charge in [-0.1, -0.05) is 6.07 Å². The Bertz CT molecular complexity index is 757. The molecule has 1 aromatic heterocycles. The number of aromatic nitrogens is 1. The third kappa shape index (κ3) is 5.34. The summed E-state index contributed by atoms with van der Waals surface area (Å²) in [5.41, 5.74) is 3.82. The van der Waals surface area contributed by atoms with E-state index in [1.165, 1.54) is 13.1 Å². The van der Waals surface area contributed by atoms with Gasteiger partial charge in [0.2, 0.25) is 5.91 Å². The van der Waals surface area contributed by atoms with Gasteiger partial charge in [-0.3, -0.25) is 19.4 Å². The van der Waals surface area contributed by atoms with Gasteiger partial charge in [-0.05, 0) is 30.3 Å². The number of anilines is 2. The van der Waals surface area contributed by atoms with Crippen molar-refractivity contribution < 1.29 is 14.4 Å². The molecule has 1 aromatic carbocycles. The summed E-state index contributed by atoms with van der Waals surface area (Å²) < 4.78 is 0. The molecule has 0 unspecified atom stereocenters. The van der Waals surface area contributed by atoms with Crippen molar-refractivity contribution in [2.75, 3.05) is 10.6 Å². The second kappa shape index (κ2) is 8.18. The molecule has 0 bridgehead atoms. The van der Waals surface area contributed by atoms with E-state index in [4.69, 9.17) is 0 Å². The summed E-state index contributed by atoms with van der Waals surface area (Å²) in [4.78, 5) is 38.2. The summed E-state index contributed by atoms with van der Waals surface area (Å²) in [7, 11) is 0. The molecule has 0 saturated heterocycles. The number of hydrogen-bond acceptors (Lipinski definition) is 5. The largest absolute Gasteiger partial charge is 0.329 e. The second-order valence-electron chi connectivity index (χ2n) is 4.70. The van der Waals surface area contributed by atoms with Crippen molar-refractivity contribution in [3.63, 3.8) is 0 Å². The predicted octanol–water partition coefficient (Wildman–Crippen LogP) is 1.13. The minimum Gasteiger partial charge on any atom is -0.326 e. The standard InChI is InChI=1S/C16H15N5O3/c1-11(22)19-13-4-6-14(7-5-13)20-15(23)16(24)21-18-10-12-3-2-8-17-9-12/h2-10H,1H3,(H,19,22)(H,20,23)(H,21,24). The second-order valence-corrected chi connectivity index (χ2v) is 4.70. The van der Waals surface area contributed by atoms with Crippen LogP contribution in [0.25, 0.3) is 0 Å². The number of hydrazone groups is 1. The molecule has 0 aliphatic carbocycles. The van der Waals surface area contributed by atoms with Crippen molar-refractivity contribution >= 4 is 35.3 Å². The number of pyridine rings is 1. The molecule has 8 nitrogen and oxygen atoms in total. The number of nitrogens with zero attached hydrogens (tertiary/aromatic N) is 2. The summed E-state index contributed by atoms with van der Waals surface area (Å²) in [6.45, 7) is 1.39. The van der Waals surface area contributed by atoms with Crippen LogP contribution in [0.4, 0.5) is 11.4 Å². The zero-order valence-electron chi connectivity index (χ0n) is 12.8. The molecule has 8 heteroatoms. The lowest BCUT2D eigenvalue weighted by atomic mass is 10.2. The molecular weight excluding hydrogens is 310 g/mol. The Morgan fingerprint density at radius 2 is 1.67 bits per heavy atom. The third-order valence-corrected chi connectivity index (χ3v) is 2.73. The Labute approximate surface area is 138 Å². The normalized spacial score (nSPS) is 10.2. The number of carbonyl (C=O) groups is 3. The molecule has 2 aromatic rings. The van der Waals surface area contributed by atoms with E-state index < -0.39 is 11.8 Å². The topological polar surface area (TPSA) is 113 Å². The molecule has 0 aliphatic rings. The minimum atomic E-state index is -0.902. The van der Waals surface area contributed by atoms with E-state index in [1.807, 2.05) is 0 Å². The zero-order valence-corrected chi connectivity index (χ0v) is 12.8. The van der Waals surface area contributed by atoms with Crippen LogP contribution in [-0.4, -0.2) is 28.9 Å². The lowest BCUT2D eigenvalue weighted by Gasteiger charge is -2.06. The summed E-state index contributed by atoms with van der Waals surface area (Å²) in [6, 6.07) is 9.82. The van der Waals surface area contributed by atoms with Crippen molar-refractivity contribution in [3.8, 4) is 0 Å². The number of nitrogens with one attached hydrogen (secondary N) is 3. The number of carbonyl (C=O) groups excluding carboxylic acids is 3. The fraction of sp³-hybridized carbons (Fsp3) is 0.0625. The predicted molar refractivity (Wildman–Crippen MR) is 89.3 cm³/mol. The van der Waals surface area contributed by atoms with E-state index in [9.17, 15) is 14.4 Å². The maximum atomic E-state index is 11.7. The van der Waals surface area contributed by atoms with Crippen LogP contribution in [0.2, 0.25) is 0 Å². The molecule has 0 spiro atoms. The lowest BCUT2D eigenvalue weighted by Crippen LogP contribution is -2.32. The maximum Gasteiger partial charge on any atom is 0.329 e. The molecule has 0 aliphatic heterocycles. The summed E-state index contributed by atoms with van der Waals surface area (Å²) in [5, 5.41) is 8.70. The molecule has 0 atom stereocenters.